The molecule has 2 aromatic rings. The van der Waals surface area contributed by atoms with E-state index in [1.165, 1.54) is 6.20 Å². The summed E-state index contributed by atoms with van der Waals surface area (Å²) < 4.78 is 7.11. The quantitative estimate of drug-likeness (QED) is 0.933. The second-order valence-electron chi connectivity index (χ2n) is 5.32. The van der Waals surface area contributed by atoms with Crippen LogP contribution < -0.4 is 0 Å². The molecule has 1 amide bonds. The third kappa shape index (κ3) is 3.50. The van der Waals surface area contributed by atoms with Gasteiger partial charge in [0.2, 0.25) is 0 Å². The highest BCUT2D eigenvalue weighted by atomic mass is 16.6. The highest BCUT2D eigenvalue weighted by Crippen LogP contribution is 2.12. The van der Waals surface area contributed by atoms with Crippen LogP contribution in [0.15, 0.2) is 36.5 Å². The number of carboxylic acids is 1. The zero-order valence-corrected chi connectivity index (χ0v) is 12.5. The number of nitrogens with zero attached hydrogens (tertiary/aromatic N) is 3. The molecule has 23 heavy (non-hydrogen) atoms. The van der Waals surface area contributed by atoms with Crippen molar-refractivity contribution in [1.29, 1.82) is 0 Å². The number of imidazole rings is 1. The van der Waals surface area contributed by atoms with E-state index >= 15 is 0 Å². The minimum absolute atomic E-state index is 0.0418. The first-order valence-corrected chi connectivity index (χ1v) is 7.38. The summed E-state index contributed by atoms with van der Waals surface area (Å²) in [7, 11) is 0. The Labute approximate surface area is 133 Å². The molecule has 0 radical (unpaired) electrons. The van der Waals surface area contributed by atoms with Gasteiger partial charge >= 0.3 is 12.1 Å². The van der Waals surface area contributed by atoms with Gasteiger partial charge in [-0.05, 0) is 5.56 Å². The van der Waals surface area contributed by atoms with E-state index in [1.54, 1.807) is 9.47 Å². The molecule has 1 aliphatic rings. The van der Waals surface area contributed by atoms with Crippen LogP contribution in [-0.4, -0.2) is 44.7 Å². The summed E-state index contributed by atoms with van der Waals surface area (Å²) in [6.07, 6.45) is 1.66. The van der Waals surface area contributed by atoms with Gasteiger partial charge in [0.05, 0.1) is 0 Å². The van der Waals surface area contributed by atoms with Gasteiger partial charge in [0.1, 0.15) is 12.4 Å². The van der Waals surface area contributed by atoms with E-state index in [0.717, 1.165) is 5.56 Å². The van der Waals surface area contributed by atoms with Crippen LogP contribution in [0.4, 0.5) is 4.79 Å². The fraction of sp³-hybridized carbons (Fsp3) is 0.312. The Kier molecular flexibility index (Phi) is 4.27. The molecule has 1 N–H and O–H groups in total. The minimum Gasteiger partial charge on any atom is -0.476 e. The lowest BCUT2D eigenvalue weighted by molar-refractivity contribution is 0.0690. The summed E-state index contributed by atoms with van der Waals surface area (Å²) in [6, 6.07) is 9.51. The molecule has 0 saturated carbocycles. The molecule has 0 aliphatic carbocycles. The Bertz CT molecular complexity index is 686. The van der Waals surface area contributed by atoms with E-state index in [0.29, 0.717) is 31.9 Å². The number of fused-ring (bicyclic) bond motifs is 1. The van der Waals surface area contributed by atoms with Crippen LogP contribution in [0, 0.1) is 0 Å². The van der Waals surface area contributed by atoms with Gasteiger partial charge in [0, 0.05) is 32.3 Å². The van der Waals surface area contributed by atoms with E-state index in [1.807, 2.05) is 30.3 Å². The maximum absolute atomic E-state index is 12.2. The van der Waals surface area contributed by atoms with E-state index < -0.39 is 5.97 Å². The highest BCUT2D eigenvalue weighted by molar-refractivity contribution is 5.85. The SMILES string of the molecule is O=C(O)c1cn2c(n1)CCN(C(=O)OCc1ccccc1)CC2. The van der Waals surface area contributed by atoms with Gasteiger partial charge in [-0.25, -0.2) is 14.6 Å². The number of carbonyl (C=O) groups is 2. The number of amides is 1. The summed E-state index contributed by atoms with van der Waals surface area (Å²) in [4.78, 5) is 28.8. The lowest BCUT2D eigenvalue weighted by Crippen LogP contribution is -2.34. The molecule has 2 heterocycles. The van der Waals surface area contributed by atoms with Gasteiger partial charge in [-0.1, -0.05) is 30.3 Å². The number of benzene rings is 1. The highest BCUT2D eigenvalue weighted by Gasteiger charge is 2.22. The predicted molar refractivity (Wildman–Crippen MR) is 81.1 cm³/mol. The van der Waals surface area contributed by atoms with Crippen molar-refractivity contribution in [3.8, 4) is 0 Å². The Balaban J connectivity index is 1.57. The number of aromatic nitrogens is 2. The molecule has 0 fully saturated rings. The molecule has 1 aliphatic heterocycles. The molecule has 1 aromatic carbocycles. The standard InChI is InChI=1S/C16H17N3O4/c20-15(21)13-10-19-9-8-18(7-6-14(19)17-13)16(22)23-11-12-4-2-1-3-5-12/h1-5,10H,6-9,11H2,(H,20,21). The first-order valence-electron chi connectivity index (χ1n) is 7.38. The largest absolute Gasteiger partial charge is 0.476 e. The van der Waals surface area contributed by atoms with Crippen LogP contribution in [0.1, 0.15) is 21.9 Å². The number of hydrogen-bond acceptors (Lipinski definition) is 4. The third-order valence-electron chi connectivity index (χ3n) is 3.76. The lowest BCUT2D eigenvalue weighted by atomic mass is 10.2. The zero-order valence-electron chi connectivity index (χ0n) is 12.5. The van der Waals surface area contributed by atoms with E-state index in [-0.39, 0.29) is 18.4 Å². The van der Waals surface area contributed by atoms with Crippen molar-refractivity contribution in [1.82, 2.24) is 14.5 Å². The van der Waals surface area contributed by atoms with Gasteiger partial charge < -0.3 is 19.3 Å². The van der Waals surface area contributed by atoms with Crippen LogP contribution in [0.25, 0.3) is 0 Å². The molecule has 0 atom stereocenters. The number of hydrogen-bond donors (Lipinski definition) is 1. The first-order chi connectivity index (χ1) is 11.1. The Morgan fingerprint density at radius 3 is 2.70 bits per heavy atom. The topological polar surface area (TPSA) is 84.7 Å². The molecule has 0 saturated heterocycles. The number of rotatable bonds is 3. The monoisotopic (exact) mass is 315 g/mol. The lowest BCUT2D eigenvalue weighted by Gasteiger charge is -2.19. The minimum atomic E-state index is -1.04. The molecule has 0 spiro atoms. The summed E-state index contributed by atoms with van der Waals surface area (Å²) in [5.74, 6) is -0.356. The average Bonchev–Trinajstić information content (AvgIpc) is 2.87. The van der Waals surface area contributed by atoms with Crippen LogP contribution in [0.3, 0.4) is 0 Å². The van der Waals surface area contributed by atoms with Crippen LogP contribution in [0.5, 0.6) is 0 Å². The summed E-state index contributed by atoms with van der Waals surface area (Å²) in [5, 5.41) is 8.96. The molecule has 0 unspecified atom stereocenters. The van der Waals surface area contributed by atoms with Gasteiger partial charge in [0.15, 0.2) is 5.69 Å². The summed E-state index contributed by atoms with van der Waals surface area (Å²) in [5.41, 5.74) is 0.981. The maximum Gasteiger partial charge on any atom is 0.410 e. The third-order valence-corrected chi connectivity index (χ3v) is 3.76. The van der Waals surface area contributed by atoms with Crippen LogP contribution in [-0.2, 0) is 24.3 Å². The van der Waals surface area contributed by atoms with Gasteiger partial charge in [-0.15, -0.1) is 0 Å². The molecule has 7 nitrogen and oxygen atoms in total. The number of ether oxygens (including phenoxy) is 1. The Hall–Kier alpha value is -2.83. The van der Waals surface area contributed by atoms with E-state index in [9.17, 15) is 9.59 Å². The van der Waals surface area contributed by atoms with Gasteiger partial charge in [0.25, 0.3) is 0 Å². The van der Waals surface area contributed by atoms with Crippen molar-refractivity contribution in [2.45, 2.75) is 19.6 Å². The first kappa shape index (κ1) is 15.1. The normalized spacial score (nSPS) is 14.0. The summed E-state index contributed by atoms with van der Waals surface area (Å²) >= 11 is 0. The number of carbonyl (C=O) groups excluding carboxylic acids is 1. The van der Waals surface area contributed by atoms with Crippen LogP contribution in [0.2, 0.25) is 0 Å². The second-order valence-corrected chi connectivity index (χ2v) is 5.32. The second kappa shape index (κ2) is 6.51. The maximum atomic E-state index is 12.2. The Morgan fingerprint density at radius 1 is 1.17 bits per heavy atom. The average molecular weight is 315 g/mol. The van der Waals surface area contributed by atoms with Crippen molar-refractivity contribution < 1.29 is 19.4 Å². The van der Waals surface area contributed by atoms with E-state index in [2.05, 4.69) is 4.98 Å². The zero-order chi connectivity index (χ0) is 16.2. The van der Waals surface area contributed by atoms with Gasteiger partial charge in [-0.3, -0.25) is 0 Å². The Morgan fingerprint density at radius 2 is 1.96 bits per heavy atom. The molecular weight excluding hydrogens is 298 g/mol. The van der Waals surface area contributed by atoms with Crippen molar-refractivity contribution in [2.24, 2.45) is 0 Å². The fourth-order valence-corrected chi connectivity index (χ4v) is 2.52. The smallest absolute Gasteiger partial charge is 0.410 e. The fourth-order valence-electron chi connectivity index (χ4n) is 2.52. The molecule has 3 rings (SSSR count). The molecular formula is C16H17N3O4. The van der Waals surface area contributed by atoms with Crippen LogP contribution >= 0.6 is 0 Å². The molecule has 7 heteroatoms. The van der Waals surface area contributed by atoms with Crippen molar-refractivity contribution >= 4 is 12.1 Å². The molecule has 120 valence electrons. The van der Waals surface area contributed by atoms with Gasteiger partial charge in [-0.2, -0.15) is 0 Å². The van der Waals surface area contributed by atoms with E-state index in [4.69, 9.17) is 9.84 Å². The van der Waals surface area contributed by atoms with Crippen molar-refractivity contribution in [2.75, 3.05) is 13.1 Å². The number of carboxylic acid groups (broad SMARTS) is 1. The summed E-state index contributed by atoms with van der Waals surface area (Å²) in [6.45, 7) is 1.68. The number of aromatic carboxylic acids is 1. The van der Waals surface area contributed by atoms with Crippen molar-refractivity contribution in [3.05, 3.63) is 53.6 Å². The van der Waals surface area contributed by atoms with Crippen molar-refractivity contribution in [3.63, 3.8) is 0 Å². The molecule has 0 bridgehead atoms. The molecule has 1 aromatic heterocycles. The predicted octanol–water partition coefficient (Wildman–Crippen LogP) is 1.78.